The number of aryl methyl sites for hydroxylation is 2. The first-order valence-corrected chi connectivity index (χ1v) is 10.4. The van der Waals surface area contributed by atoms with Crippen molar-refractivity contribution in [3.63, 3.8) is 0 Å². The highest BCUT2D eigenvalue weighted by molar-refractivity contribution is 5.57. The Morgan fingerprint density at radius 1 is 1.25 bits per heavy atom. The molecule has 5 heteroatoms. The minimum Gasteiger partial charge on any atom is -0.303 e. The van der Waals surface area contributed by atoms with Crippen LogP contribution in [0.25, 0.3) is 16.9 Å². The molecular weight excluding hydrogens is 348 g/mol. The summed E-state index contributed by atoms with van der Waals surface area (Å²) in [5.74, 6) is 3.02. The molecule has 0 saturated heterocycles. The van der Waals surface area contributed by atoms with E-state index < -0.39 is 0 Å². The van der Waals surface area contributed by atoms with Gasteiger partial charge in [-0.3, -0.25) is 4.79 Å². The van der Waals surface area contributed by atoms with E-state index in [-0.39, 0.29) is 5.56 Å². The molecule has 1 aliphatic rings. The van der Waals surface area contributed by atoms with Crippen LogP contribution in [-0.2, 0) is 12.8 Å². The first kappa shape index (κ1) is 18.7. The predicted molar refractivity (Wildman–Crippen MR) is 112 cm³/mol. The van der Waals surface area contributed by atoms with E-state index in [0.717, 1.165) is 54.6 Å². The third-order valence-electron chi connectivity index (χ3n) is 5.95. The van der Waals surface area contributed by atoms with Crippen LogP contribution in [0, 0.1) is 11.8 Å². The third kappa shape index (κ3) is 3.66. The van der Waals surface area contributed by atoms with Crippen LogP contribution >= 0.6 is 0 Å². The Balaban J connectivity index is 1.63. The number of aromatic amines is 1. The molecule has 146 valence electrons. The SMILES string of the molecule is C=CCC1CCC(CCc2nc(CC)c3c(=O)[nH]c(-c4ccccc4)nn23)C1. The second kappa shape index (κ2) is 8.13. The molecule has 5 nitrogen and oxygen atoms in total. The fraction of sp³-hybridized carbons (Fsp3) is 0.435. The van der Waals surface area contributed by atoms with E-state index in [0.29, 0.717) is 11.3 Å². The van der Waals surface area contributed by atoms with Crippen LogP contribution in [0.1, 0.15) is 50.5 Å². The lowest BCUT2D eigenvalue weighted by molar-refractivity contribution is 0.461. The predicted octanol–water partition coefficient (Wildman–Crippen LogP) is 4.57. The highest BCUT2D eigenvalue weighted by Gasteiger charge is 2.24. The van der Waals surface area contributed by atoms with Gasteiger partial charge in [-0.25, -0.2) is 9.50 Å². The molecule has 1 saturated carbocycles. The number of rotatable bonds is 7. The zero-order valence-corrected chi connectivity index (χ0v) is 16.5. The topological polar surface area (TPSA) is 63.0 Å². The molecule has 0 amide bonds. The van der Waals surface area contributed by atoms with Crippen LogP contribution in [0.4, 0.5) is 0 Å². The second-order valence-electron chi connectivity index (χ2n) is 7.87. The van der Waals surface area contributed by atoms with Gasteiger partial charge in [0.25, 0.3) is 5.56 Å². The number of nitrogens with zero attached hydrogens (tertiary/aromatic N) is 3. The van der Waals surface area contributed by atoms with E-state index >= 15 is 0 Å². The minimum absolute atomic E-state index is 0.114. The fourth-order valence-corrected chi connectivity index (χ4v) is 4.49. The summed E-state index contributed by atoms with van der Waals surface area (Å²) in [6, 6.07) is 9.77. The van der Waals surface area contributed by atoms with Gasteiger partial charge in [0.15, 0.2) is 11.3 Å². The molecule has 0 radical (unpaired) electrons. The Bertz CT molecular complexity index is 1020. The van der Waals surface area contributed by atoms with Crippen molar-refractivity contribution in [2.75, 3.05) is 0 Å². The zero-order chi connectivity index (χ0) is 19.5. The van der Waals surface area contributed by atoms with Crippen LogP contribution in [0.15, 0.2) is 47.8 Å². The Kier molecular flexibility index (Phi) is 5.42. The lowest BCUT2D eigenvalue weighted by atomic mass is 9.98. The first-order valence-electron chi connectivity index (χ1n) is 10.4. The molecule has 2 aromatic heterocycles. The lowest BCUT2D eigenvalue weighted by Gasteiger charge is -2.09. The van der Waals surface area contributed by atoms with Gasteiger partial charge in [0, 0.05) is 12.0 Å². The smallest absolute Gasteiger partial charge is 0.277 e. The minimum atomic E-state index is -0.114. The van der Waals surface area contributed by atoms with Crippen LogP contribution in [0.5, 0.6) is 0 Å². The molecule has 0 aliphatic heterocycles. The molecule has 3 aromatic rings. The molecule has 2 heterocycles. The fourth-order valence-electron chi connectivity index (χ4n) is 4.49. The van der Waals surface area contributed by atoms with Gasteiger partial charge in [0.05, 0.1) is 5.69 Å². The molecule has 28 heavy (non-hydrogen) atoms. The molecule has 1 fully saturated rings. The van der Waals surface area contributed by atoms with Gasteiger partial charge >= 0.3 is 0 Å². The summed E-state index contributed by atoms with van der Waals surface area (Å²) in [5, 5.41) is 4.75. The summed E-state index contributed by atoms with van der Waals surface area (Å²) in [6.07, 6.45) is 9.72. The average molecular weight is 377 g/mol. The van der Waals surface area contributed by atoms with Crippen molar-refractivity contribution in [1.82, 2.24) is 19.6 Å². The Morgan fingerprint density at radius 3 is 2.79 bits per heavy atom. The quantitative estimate of drug-likeness (QED) is 0.614. The second-order valence-corrected chi connectivity index (χ2v) is 7.87. The van der Waals surface area contributed by atoms with Crippen molar-refractivity contribution < 1.29 is 0 Å². The maximum absolute atomic E-state index is 12.8. The average Bonchev–Trinajstić information content (AvgIpc) is 3.31. The summed E-state index contributed by atoms with van der Waals surface area (Å²) in [5.41, 5.74) is 2.21. The van der Waals surface area contributed by atoms with Crippen LogP contribution in [0.2, 0.25) is 0 Å². The lowest BCUT2D eigenvalue weighted by Crippen LogP contribution is -2.16. The van der Waals surface area contributed by atoms with E-state index in [1.807, 2.05) is 43.3 Å². The molecule has 2 atom stereocenters. The van der Waals surface area contributed by atoms with E-state index in [2.05, 4.69) is 11.6 Å². The van der Waals surface area contributed by atoms with Gasteiger partial charge in [0.1, 0.15) is 5.82 Å². The van der Waals surface area contributed by atoms with Crippen molar-refractivity contribution in [2.45, 2.75) is 51.9 Å². The summed E-state index contributed by atoms with van der Waals surface area (Å²) in [6.45, 7) is 5.91. The number of benzene rings is 1. The van der Waals surface area contributed by atoms with Crippen LogP contribution < -0.4 is 5.56 Å². The van der Waals surface area contributed by atoms with Crippen molar-refractivity contribution in [3.05, 3.63) is 64.9 Å². The standard InChI is InChI=1S/C23H28N4O/c1-3-8-16-11-12-17(15-16)13-14-20-24-19(4-2)21-23(28)25-22(26-27(20)21)18-9-6-5-7-10-18/h3,5-7,9-10,16-17H,1,4,8,11-15H2,2H3,(H,25,26,28). The number of allylic oxidation sites excluding steroid dienone is 1. The Labute approximate surface area is 165 Å². The zero-order valence-electron chi connectivity index (χ0n) is 16.5. The van der Waals surface area contributed by atoms with Gasteiger partial charge in [-0.1, -0.05) is 49.8 Å². The maximum Gasteiger partial charge on any atom is 0.277 e. The Hall–Kier alpha value is -2.69. The van der Waals surface area contributed by atoms with Gasteiger partial charge in [-0.15, -0.1) is 11.7 Å². The number of hydrogen-bond acceptors (Lipinski definition) is 3. The normalized spacial score (nSPS) is 19.3. The molecule has 4 rings (SSSR count). The highest BCUT2D eigenvalue weighted by Crippen LogP contribution is 2.35. The number of H-pyrrole nitrogens is 1. The molecule has 1 N–H and O–H groups in total. The third-order valence-corrected chi connectivity index (χ3v) is 5.95. The Morgan fingerprint density at radius 2 is 2.04 bits per heavy atom. The van der Waals surface area contributed by atoms with Gasteiger partial charge < -0.3 is 4.98 Å². The van der Waals surface area contributed by atoms with Crippen molar-refractivity contribution in [1.29, 1.82) is 0 Å². The number of hydrogen-bond donors (Lipinski definition) is 1. The van der Waals surface area contributed by atoms with Crippen LogP contribution in [-0.4, -0.2) is 19.6 Å². The van der Waals surface area contributed by atoms with E-state index in [1.54, 1.807) is 4.52 Å². The number of imidazole rings is 1. The van der Waals surface area contributed by atoms with Gasteiger partial charge in [0.2, 0.25) is 0 Å². The van der Waals surface area contributed by atoms with E-state index in [4.69, 9.17) is 10.1 Å². The number of aromatic nitrogens is 4. The van der Waals surface area contributed by atoms with Gasteiger partial charge in [-0.2, -0.15) is 0 Å². The van der Waals surface area contributed by atoms with E-state index in [1.165, 1.54) is 19.3 Å². The maximum atomic E-state index is 12.8. The highest BCUT2D eigenvalue weighted by atomic mass is 16.1. The van der Waals surface area contributed by atoms with Crippen molar-refractivity contribution in [3.8, 4) is 11.4 Å². The number of nitrogens with one attached hydrogen (secondary N) is 1. The monoisotopic (exact) mass is 376 g/mol. The molecule has 0 spiro atoms. The summed E-state index contributed by atoms with van der Waals surface area (Å²) < 4.78 is 1.79. The molecular formula is C23H28N4O. The van der Waals surface area contributed by atoms with Crippen molar-refractivity contribution >= 4 is 5.52 Å². The molecule has 2 unspecified atom stereocenters. The summed E-state index contributed by atoms with van der Waals surface area (Å²) >= 11 is 0. The van der Waals surface area contributed by atoms with Crippen molar-refractivity contribution in [2.24, 2.45) is 11.8 Å². The molecule has 0 bridgehead atoms. The first-order chi connectivity index (χ1) is 13.7. The molecule has 1 aromatic carbocycles. The van der Waals surface area contributed by atoms with Crippen LogP contribution in [0.3, 0.4) is 0 Å². The summed E-state index contributed by atoms with van der Waals surface area (Å²) in [4.78, 5) is 20.5. The number of fused-ring (bicyclic) bond motifs is 1. The van der Waals surface area contributed by atoms with E-state index in [9.17, 15) is 4.79 Å². The summed E-state index contributed by atoms with van der Waals surface area (Å²) in [7, 11) is 0. The molecule has 1 aliphatic carbocycles. The largest absolute Gasteiger partial charge is 0.303 e. The van der Waals surface area contributed by atoms with Gasteiger partial charge in [-0.05, 0) is 43.9 Å².